The molecule has 0 atom stereocenters. The lowest BCUT2D eigenvalue weighted by molar-refractivity contribution is -0.134. The molecule has 1 aliphatic heterocycles. The van der Waals surface area contributed by atoms with E-state index in [1.54, 1.807) is 0 Å². The highest BCUT2D eigenvalue weighted by molar-refractivity contribution is 14.1. The van der Waals surface area contributed by atoms with E-state index in [4.69, 9.17) is 4.74 Å². The molecule has 1 N–H and O–H groups in total. The molecule has 1 saturated heterocycles. The number of piperidine rings is 1. The van der Waals surface area contributed by atoms with Gasteiger partial charge in [-0.05, 0) is 65.6 Å². The van der Waals surface area contributed by atoms with Crippen LogP contribution in [0.15, 0.2) is 23.8 Å². The first kappa shape index (κ1) is 21.0. The molecule has 0 radical (unpaired) electrons. The van der Waals surface area contributed by atoms with Crippen molar-refractivity contribution < 1.29 is 19.1 Å². The standard InChI is InChI=1S/C22H26INO4/c23-17-9-10-20(28-11-5-4-8-15-6-2-1-3-7-15)16(12-17)13-18-19(25)14-21(26)24-22(18)27/h9-10,12-13,15H,1-8,11,14H2,(H,24,26,27)/b18-13-. The van der Waals surface area contributed by atoms with Crippen LogP contribution in [0.5, 0.6) is 5.75 Å². The third-order valence-corrected chi connectivity index (χ3v) is 6.05. The van der Waals surface area contributed by atoms with E-state index >= 15 is 0 Å². The van der Waals surface area contributed by atoms with Crippen LogP contribution in [0.4, 0.5) is 0 Å². The second-order valence-corrected chi connectivity index (χ2v) is 8.81. The van der Waals surface area contributed by atoms with Gasteiger partial charge in [0, 0.05) is 9.13 Å². The fraction of sp³-hybridized carbons (Fsp3) is 0.500. The number of benzene rings is 1. The molecule has 2 amide bonds. The second-order valence-electron chi connectivity index (χ2n) is 7.57. The molecule has 150 valence electrons. The van der Waals surface area contributed by atoms with Gasteiger partial charge in [-0.2, -0.15) is 0 Å². The van der Waals surface area contributed by atoms with E-state index in [-0.39, 0.29) is 12.0 Å². The maximum Gasteiger partial charge on any atom is 0.261 e. The molecule has 0 spiro atoms. The van der Waals surface area contributed by atoms with Crippen LogP contribution in [0.3, 0.4) is 0 Å². The van der Waals surface area contributed by atoms with Crippen LogP contribution in [-0.4, -0.2) is 24.2 Å². The van der Waals surface area contributed by atoms with Crippen molar-refractivity contribution in [1.29, 1.82) is 0 Å². The van der Waals surface area contributed by atoms with Crippen LogP contribution in [0.25, 0.3) is 6.08 Å². The molecule has 1 heterocycles. The molecular formula is C22H26INO4. The van der Waals surface area contributed by atoms with Gasteiger partial charge in [0.25, 0.3) is 5.91 Å². The van der Waals surface area contributed by atoms with Crippen molar-refractivity contribution >= 4 is 46.3 Å². The normalized spacial score (nSPS) is 19.8. The number of rotatable bonds is 7. The molecule has 0 unspecified atom stereocenters. The maximum atomic E-state index is 12.1. The molecule has 3 rings (SSSR count). The van der Waals surface area contributed by atoms with Crippen molar-refractivity contribution in [3.05, 3.63) is 32.9 Å². The zero-order valence-corrected chi connectivity index (χ0v) is 18.1. The second kappa shape index (κ2) is 10.2. The van der Waals surface area contributed by atoms with Crippen LogP contribution in [-0.2, 0) is 14.4 Å². The Balaban J connectivity index is 1.59. The summed E-state index contributed by atoms with van der Waals surface area (Å²) >= 11 is 2.18. The summed E-state index contributed by atoms with van der Waals surface area (Å²) in [5.74, 6) is -0.109. The smallest absolute Gasteiger partial charge is 0.261 e. The van der Waals surface area contributed by atoms with E-state index < -0.39 is 17.6 Å². The summed E-state index contributed by atoms with van der Waals surface area (Å²) in [6, 6.07) is 5.68. The molecule has 2 aliphatic rings. The number of amides is 2. The highest BCUT2D eigenvalue weighted by atomic mass is 127. The summed E-state index contributed by atoms with van der Waals surface area (Å²) in [7, 11) is 0. The van der Waals surface area contributed by atoms with Crippen molar-refractivity contribution in [3.8, 4) is 5.75 Å². The first-order valence-corrected chi connectivity index (χ1v) is 11.1. The van der Waals surface area contributed by atoms with Crippen molar-refractivity contribution in [3.63, 3.8) is 0 Å². The lowest BCUT2D eigenvalue weighted by atomic mass is 9.86. The molecule has 2 fully saturated rings. The van der Waals surface area contributed by atoms with E-state index in [9.17, 15) is 14.4 Å². The molecule has 6 heteroatoms. The van der Waals surface area contributed by atoms with Crippen LogP contribution < -0.4 is 10.1 Å². The number of ketones is 1. The molecule has 0 bridgehead atoms. The third kappa shape index (κ3) is 5.90. The number of hydrogen-bond acceptors (Lipinski definition) is 4. The van der Waals surface area contributed by atoms with Crippen molar-refractivity contribution in [2.24, 2.45) is 5.92 Å². The van der Waals surface area contributed by atoms with E-state index in [1.165, 1.54) is 44.6 Å². The van der Waals surface area contributed by atoms with Crippen molar-refractivity contribution in [2.75, 3.05) is 6.61 Å². The maximum absolute atomic E-state index is 12.1. The average molecular weight is 495 g/mol. The summed E-state index contributed by atoms with van der Waals surface area (Å²) in [5.41, 5.74) is 0.691. The highest BCUT2D eigenvalue weighted by Crippen LogP contribution is 2.28. The summed E-state index contributed by atoms with van der Waals surface area (Å²) in [6.07, 6.45) is 11.5. The Morgan fingerprint density at radius 1 is 1.11 bits per heavy atom. The Bertz CT molecular complexity index is 759. The molecule has 1 aliphatic carbocycles. The van der Waals surface area contributed by atoms with Crippen LogP contribution in [0, 0.1) is 9.49 Å². The minimum absolute atomic E-state index is 0.00347. The topological polar surface area (TPSA) is 72.5 Å². The molecule has 1 aromatic rings. The number of halogens is 1. The van der Waals surface area contributed by atoms with Gasteiger partial charge in [-0.15, -0.1) is 0 Å². The Labute approximate surface area is 179 Å². The predicted octanol–water partition coefficient (Wildman–Crippen LogP) is 4.42. The Hall–Kier alpha value is -1.70. The van der Waals surface area contributed by atoms with E-state index in [0.717, 1.165) is 22.3 Å². The van der Waals surface area contributed by atoms with E-state index in [0.29, 0.717) is 17.9 Å². The predicted molar refractivity (Wildman–Crippen MR) is 116 cm³/mol. The molecular weight excluding hydrogens is 469 g/mol. The van der Waals surface area contributed by atoms with E-state index in [2.05, 4.69) is 27.9 Å². The molecule has 28 heavy (non-hydrogen) atoms. The molecule has 0 aromatic heterocycles. The van der Waals surface area contributed by atoms with Gasteiger partial charge in [0.05, 0.1) is 18.6 Å². The quantitative estimate of drug-likeness (QED) is 0.152. The largest absolute Gasteiger partial charge is 0.493 e. The summed E-state index contributed by atoms with van der Waals surface area (Å²) in [6.45, 7) is 0.613. The zero-order chi connectivity index (χ0) is 19.9. The minimum Gasteiger partial charge on any atom is -0.493 e. The minimum atomic E-state index is -0.640. The Morgan fingerprint density at radius 2 is 1.89 bits per heavy atom. The van der Waals surface area contributed by atoms with Gasteiger partial charge < -0.3 is 4.74 Å². The Morgan fingerprint density at radius 3 is 2.64 bits per heavy atom. The SMILES string of the molecule is O=C1CC(=O)/C(=C/c2cc(I)ccc2OCCCCC2CCCCC2)C(=O)N1. The lowest BCUT2D eigenvalue weighted by Crippen LogP contribution is -2.40. The Kier molecular flexibility index (Phi) is 7.65. The van der Waals surface area contributed by atoms with Gasteiger partial charge in [-0.1, -0.05) is 38.5 Å². The lowest BCUT2D eigenvalue weighted by Gasteiger charge is -2.21. The van der Waals surface area contributed by atoms with Gasteiger partial charge >= 0.3 is 0 Å². The van der Waals surface area contributed by atoms with Crippen LogP contribution in [0.1, 0.15) is 63.4 Å². The van der Waals surface area contributed by atoms with Crippen LogP contribution in [0.2, 0.25) is 0 Å². The average Bonchev–Trinajstić information content (AvgIpc) is 2.66. The van der Waals surface area contributed by atoms with Crippen molar-refractivity contribution in [2.45, 2.75) is 57.8 Å². The molecule has 1 aromatic carbocycles. The first-order chi connectivity index (χ1) is 13.5. The van der Waals surface area contributed by atoms with Gasteiger partial charge in [0.1, 0.15) is 5.75 Å². The number of nitrogens with one attached hydrogen (secondary N) is 1. The number of ether oxygens (including phenoxy) is 1. The zero-order valence-electron chi connectivity index (χ0n) is 16.0. The first-order valence-electron chi connectivity index (χ1n) is 10.0. The molecule has 1 saturated carbocycles. The number of unbranched alkanes of at least 4 members (excludes halogenated alkanes) is 1. The fourth-order valence-electron chi connectivity index (χ4n) is 3.86. The summed E-state index contributed by atoms with van der Waals surface area (Å²) in [5, 5.41) is 2.20. The number of Topliss-reactive ketones (excluding diaryl/α,β-unsaturated/α-hetero) is 1. The van der Waals surface area contributed by atoms with Gasteiger partial charge in [-0.3, -0.25) is 19.7 Å². The monoisotopic (exact) mass is 495 g/mol. The third-order valence-electron chi connectivity index (χ3n) is 5.38. The number of carbonyl (C=O) groups is 3. The fourth-order valence-corrected chi connectivity index (χ4v) is 4.38. The van der Waals surface area contributed by atoms with Gasteiger partial charge in [0.2, 0.25) is 5.91 Å². The van der Waals surface area contributed by atoms with Gasteiger partial charge in [0.15, 0.2) is 5.78 Å². The van der Waals surface area contributed by atoms with Crippen molar-refractivity contribution in [1.82, 2.24) is 5.32 Å². The summed E-state index contributed by atoms with van der Waals surface area (Å²) < 4.78 is 6.94. The molecule has 5 nitrogen and oxygen atoms in total. The van der Waals surface area contributed by atoms with E-state index in [1.807, 2.05) is 18.2 Å². The van der Waals surface area contributed by atoms with Gasteiger partial charge in [-0.25, -0.2) is 0 Å². The summed E-state index contributed by atoms with van der Waals surface area (Å²) in [4.78, 5) is 35.4. The van der Waals surface area contributed by atoms with Crippen LogP contribution >= 0.6 is 22.6 Å². The number of imide groups is 1. The number of hydrogen-bond donors (Lipinski definition) is 1. The highest BCUT2D eigenvalue weighted by Gasteiger charge is 2.28. The number of carbonyl (C=O) groups excluding carboxylic acids is 3.